The maximum atomic E-state index is 10.5. The average molecular weight is 216 g/mol. The summed E-state index contributed by atoms with van der Waals surface area (Å²) in [6.45, 7) is 2.14. The molecule has 0 spiro atoms. The van der Waals surface area contributed by atoms with Gasteiger partial charge in [0.05, 0.1) is 5.60 Å². The smallest absolute Gasteiger partial charge is 0.0922 e. The maximum Gasteiger partial charge on any atom is 0.0922 e. The number of rotatable bonds is 2. The Morgan fingerprint density at radius 2 is 1.81 bits per heavy atom. The third kappa shape index (κ3) is 1.41. The zero-order chi connectivity index (χ0) is 11.2. The van der Waals surface area contributed by atoms with Crippen LogP contribution in [0.15, 0.2) is 24.3 Å². The van der Waals surface area contributed by atoms with E-state index in [4.69, 9.17) is 0 Å². The molecule has 3 rings (SSSR count). The summed E-state index contributed by atoms with van der Waals surface area (Å²) in [7, 11) is 0. The fourth-order valence-corrected chi connectivity index (χ4v) is 2.92. The van der Waals surface area contributed by atoms with Crippen molar-refractivity contribution in [1.82, 2.24) is 0 Å². The summed E-state index contributed by atoms with van der Waals surface area (Å²) >= 11 is 0. The molecule has 0 radical (unpaired) electrons. The van der Waals surface area contributed by atoms with Crippen molar-refractivity contribution in [1.29, 1.82) is 0 Å². The van der Waals surface area contributed by atoms with Crippen molar-refractivity contribution in [2.75, 3.05) is 0 Å². The van der Waals surface area contributed by atoms with Gasteiger partial charge in [-0.05, 0) is 48.6 Å². The van der Waals surface area contributed by atoms with Crippen LogP contribution in [0.5, 0.6) is 0 Å². The molecule has 86 valence electrons. The van der Waals surface area contributed by atoms with Crippen molar-refractivity contribution in [3.63, 3.8) is 0 Å². The third-order valence-electron chi connectivity index (χ3n) is 4.76. The Hall–Kier alpha value is -0.820. The van der Waals surface area contributed by atoms with Crippen molar-refractivity contribution >= 4 is 0 Å². The summed E-state index contributed by atoms with van der Waals surface area (Å²) in [5.74, 6) is 1.21. The van der Waals surface area contributed by atoms with Crippen molar-refractivity contribution in [3.05, 3.63) is 35.4 Å². The lowest BCUT2D eigenvalue weighted by atomic mass is 9.66. The lowest BCUT2D eigenvalue weighted by Crippen LogP contribution is -2.42. The molecule has 0 unspecified atom stereocenters. The lowest BCUT2D eigenvalue weighted by molar-refractivity contribution is -0.0930. The van der Waals surface area contributed by atoms with Gasteiger partial charge < -0.3 is 5.11 Å². The highest BCUT2D eigenvalue weighted by molar-refractivity contribution is 5.31. The van der Waals surface area contributed by atoms with Crippen LogP contribution in [0, 0.1) is 5.92 Å². The third-order valence-corrected chi connectivity index (χ3v) is 4.76. The summed E-state index contributed by atoms with van der Waals surface area (Å²) in [4.78, 5) is 0. The molecule has 1 aromatic rings. The van der Waals surface area contributed by atoms with Crippen LogP contribution in [0.25, 0.3) is 0 Å². The van der Waals surface area contributed by atoms with E-state index in [1.165, 1.54) is 24.8 Å². The molecule has 2 aliphatic rings. The minimum Gasteiger partial charge on any atom is -0.385 e. The van der Waals surface area contributed by atoms with E-state index < -0.39 is 5.60 Å². The Kier molecular flexibility index (Phi) is 2.32. The van der Waals surface area contributed by atoms with Gasteiger partial charge in [-0.1, -0.05) is 37.6 Å². The van der Waals surface area contributed by atoms with E-state index in [-0.39, 0.29) is 0 Å². The Morgan fingerprint density at radius 3 is 2.19 bits per heavy atom. The Morgan fingerprint density at radius 1 is 1.12 bits per heavy atom. The van der Waals surface area contributed by atoms with E-state index >= 15 is 0 Å². The summed E-state index contributed by atoms with van der Waals surface area (Å²) in [5, 5.41) is 10.5. The second-order valence-corrected chi connectivity index (χ2v) is 5.61. The molecule has 2 aliphatic carbocycles. The molecule has 0 aromatic heterocycles. The van der Waals surface area contributed by atoms with E-state index in [1.807, 2.05) is 0 Å². The molecular formula is C15H20O. The first kappa shape index (κ1) is 10.3. The van der Waals surface area contributed by atoms with Gasteiger partial charge in [-0.2, -0.15) is 0 Å². The second kappa shape index (κ2) is 3.59. The van der Waals surface area contributed by atoms with Crippen LogP contribution in [0.1, 0.15) is 56.1 Å². The molecule has 2 saturated carbocycles. The SMILES string of the molecule is C[C@@H]1CC[C@@]1(O)c1ccc(C2CCC2)cc1. The van der Waals surface area contributed by atoms with Crippen molar-refractivity contribution in [2.45, 2.75) is 50.5 Å². The van der Waals surface area contributed by atoms with Gasteiger partial charge in [0.1, 0.15) is 0 Å². The molecular weight excluding hydrogens is 196 g/mol. The summed E-state index contributed by atoms with van der Waals surface area (Å²) in [5.41, 5.74) is 2.05. The highest BCUT2D eigenvalue weighted by Gasteiger charge is 2.43. The zero-order valence-corrected chi connectivity index (χ0v) is 9.95. The largest absolute Gasteiger partial charge is 0.385 e. The minimum atomic E-state index is -0.530. The van der Waals surface area contributed by atoms with Crippen LogP contribution >= 0.6 is 0 Å². The highest BCUT2D eigenvalue weighted by atomic mass is 16.3. The number of benzene rings is 1. The Bertz CT molecular complexity index is 377. The first-order valence-corrected chi connectivity index (χ1v) is 6.53. The summed E-state index contributed by atoms with van der Waals surface area (Å²) in [6, 6.07) is 8.73. The van der Waals surface area contributed by atoms with E-state index in [1.54, 1.807) is 0 Å². The van der Waals surface area contributed by atoms with Gasteiger partial charge in [0.2, 0.25) is 0 Å². The molecule has 0 bridgehead atoms. The molecule has 16 heavy (non-hydrogen) atoms. The molecule has 0 heterocycles. The lowest BCUT2D eigenvalue weighted by Gasteiger charge is -2.44. The monoisotopic (exact) mass is 216 g/mol. The molecule has 1 aromatic carbocycles. The van der Waals surface area contributed by atoms with E-state index in [9.17, 15) is 5.11 Å². The van der Waals surface area contributed by atoms with Gasteiger partial charge in [-0.25, -0.2) is 0 Å². The molecule has 1 N–H and O–H groups in total. The van der Waals surface area contributed by atoms with Crippen LogP contribution in [-0.4, -0.2) is 5.11 Å². The quantitative estimate of drug-likeness (QED) is 0.801. The fourth-order valence-electron chi connectivity index (χ4n) is 2.92. The van der Waals surface area contributed by atoms with E-state index in [0.29, 0.717) is 5.92 Å². The van der Waals surface area contributed by atoms with Gasteiger partial charge in [0.15, 0.2) is 0 Å². The average Bonchev–Trinajstić information content (AvgIpc) is 2.25. The fraction of sp³-hybridized carbons (Fsp3) is 0.600. The van der Waals surface area contributed by atoms with Crippen LogP contribution in [-0.2, 0) is 5.60 Å². The Labute approximate surface area is 97.5 Å². The molecule has 0 saturated heterocycles. The van der Waals surface area contributed by atoms with Crippen molar-refractivity contribution in [3.8, 4) is 0 Å². The molecule has 2 fully saturated rings. The van der Waals surface area contributed by atoms with Gasteiger partial charge in [-0.3, -0.25) is 0 Å². The molecule has 1 heteroatoms. The van der Waals surface area contributed by atoms with Gasteiger partial charge >= 0.3 is 0 Å². The first-order chi connectivity index (χ1) is 7.70. The second-order valence-electron chi connectivity index (χ2n) is 5.61. The number of hydrogen-bond acceptors (Lipinski definition) is 1. The maximum absolute atomic E-state index is 10.5. The van der Waals surface area contributed by atoms with Gasteiger partial charge in [-0.15, -0.1) is 0 Å². The molecule has 0 aliphatic heterocycles. The number of hydrogen-bond donors (Lipinski definition) is 1. The van der Waals surface area contributed by atoms with E-state index in [0.717, 1.165) is 24.3 Å². The molecule has 2 atom stereocenters. The molecule has 1 nitrogen and oxygen atoms in total. The predicted molar refractivity (Wildman–Crippen MR) is 65.3 cm³/mol. The Balaban J connectivity index is 1.81. The summed E-state index contributed by atoms with van der Waals surface area (Å²) in [6.07, 6.45) is 6.16. The van der Waals surface area contributed by atoms with Crippen molar-refractivity contribution in [2.24, 2.45) is 5.92 Å². The van der Waals surface area contributed by atoms with Crippen LogP contribution < -0.4 is 0 Å². The summed E-state index contributed by atoms with van der Waals surface area (Å²) < 4.78 is 0. The van der Waals surface area contributed by atoms with Crippen LogP contribution in [0.2, 0.25) is 0 Å². The van der Waals surface area contributed by atoms with Crippen LogP contribution in [0.4, 0.5) is 0 Å². The number of aliphatic hydroxyl groups is 1. The first-order valence-electron chi connectivity index (χ1n) is 6.53. The zero-order valence-electron chi connectivity index (χ0n) is 9.95. The normalized spacial score (nSPS) is 34.2. The highest BCUT2D eigenvalue weighted by Crippen LogP contribution is 2.46. The van der Waals surface area contributed by atoms with E-state index in [2.05, 4.69) is 31.2 Å². The standard InChI is InChI=1S/C15H20O/c1-11-9-10-15(11,16)14-7-5-13(6-8-14)12-3-2-4-12/h5-8,11-12,16H,2-4,9-10H2,1H3/t11-,15+/m1/s1. The minimum absolute atomic E-state index is 0.419. The van der Waals surface area contributed by atoms with Crippen LogP contribution in [0.3, 0.4) is 0 Å². The predicted octanol–water partition coefficient (Wildman–Crippen LogP) is 3.57. The molecule has 0 amide bonds. The topological polar surface area (TPSA) is 20.2 Å². The van der Waals surface area contributed by atoms with Gasteiger partial charge in [0.25, 0.3) is 0 Å². The van der Waals surface area contributed by atoms with Gasteiger partial charge in [0, 0.05) is 0 Å². The van der Waals surface area contributed by atoms with Crippen molar-refractivity contribution < 1.29 is 5.11 Å².